The van der Waals surface area contributed by atoms with Crippen molar-refractivity contribution in [2.75, 3.05) is 0 Å². The van der Waals surface area contributed by atoms with E-state index in [0.29, 0.717) is 0 Å². The van der Waals surface area contributed by atoms with Gasteiger partial charge in [0, 0.05) is 0 Å². The van der Waals surface area contributed by atoms with E-state index in [2.05, 4.69) is 31.8 Å². The topological polar surface area (TPSA) is 33.0 Å². The number of rotatable bonds is 3. The van der Waals surface area contributed by atoms with Crippen molar-refractivity contribution < 1.29 is 4.43 Å². The van der Waals surface area contributed by atoms with Crippen molar-refractivity contribution in [3.8, 4) is 6.07 Å². The Hall–Kier alpha value is -0.853. The van der Waals surface area contributed by atoms with Gasteiger partial charge < -0.3 is 4.43 Å². The van der Waals surface area contributed by atoms with Gasteiger partial charge in [-0.2, -0.15) is 5.26 Å². The van der Waals surface area contributed by atoms with Crippen LogP contribution in [-0.2, 0) is 4.43 Å². The summed E-state index contributed by atoms with van der Waals surface area (Å²) in [6.45, 7) is 6.32. The van der Waals surface area contributed by atoms with Gasteiger partial charge in [-0.05, 0) is 38.1 Å². The maximum absolute atomic E-state index is 9.02. The van der Waals surface area contributed by atoms with E-state index in [9.17, 15) is 0 Å². The Kier molecular flexibility index (Phi) is 3.67. The van der Waals surface area contributed by atoms with Gasteiger partial charge in [0.25, 0.3) is 0 Å². The standard InChI is InChI=1S/C11H17NOSi/c1-14(2,3)13-11(9-12)10-7-5-4-6-8-10/h4-5,7,11H,6,8H2,1-3H3. The summed E-state index contributed by atoms with van der Waals surface area (Å²) in [5, 5.41) is 9.02. The molecule has 0 saturated carbocycles. The first-order valence-electron chi connectivity index (χ1n) is 4.96. The van der Waals surface area contributed by atoms with Crippen molar-refractivity contribution >= 4 is 8.32 Å². The lowest BCUT2D eigenvalue weighted by molar-refractivity contribution is 0.279. The second-order valence-corrected chi connectivity index (χ2v) is 8.91. The highest BCUT2D eigenvalue weighted by atomic mass is 28.4. The Morgan fingerprint density at radius 1 is 1.50 bits per heavy atom. The molecular weight excluding hydrogens is 190 g/mol. The van der Waals surface area contributed by atoms with E-state index >= 15 is 0 Å². The molecule has 0 bridgehead atoms. The lowest BCUT2D eigenvalue weighted by atomic mass is 10.0. The van der Waals surface area contributed by atoms with Crippen LogP contribution in [0.25, 0.3) is 0 Å². The summed E-state index contributed by atoms with van der Waals surface area (Å²) >= 11 is 0. The quantitative estimate of drug-likeness (QED) is 0.666. The van der Waals surface area contributed by atoms with E-state index in [0.717, 1.165) is 18.4 Å². The molecule has 1 unspecified atom stereocenters. The van der Waals surface area contributed by atoms with Gasteiger partial charge >= 0.3 is 0 Å². The zero-order chi connectivity index (χ0) is 10.6. The molecular formula is C11H17NOSi. The van der Waals surface area contributed by atoms with Crippen LogP contribution in [0.3, 0.4) is 0 Å². The molecule has 0 spiro atoms. The lowest BCUT2D eigenvalue weighted by Gasteiger charge is -2.24. The summed E-state index contributed by atoms with van der Waals surface area (Å²) in [4.78, 5) is 0. The van der Waals surface area contributed by atoms with Gasteiger partial charge in [0.2, 0.25) is 0 Å². The first kappa shape index (κ1) is 11.2. The predicted octanol–water partition coefficient (Wildman–Crippen LogP) is 3.01. The minimum absolute atomic E-state index is 0.327. The van der Waals surface area contributed by atoms with Crippen molar-refractivity contribution in [2.45, 2.75) is 38.6 Å². The number of allylic oxidation sites excluding steroid dienone is 3. The second kappa shape index (κ2) is 4.58. The van der Waals surface area contributed by atoms with Crippen LogP contribution in [0.2, 0.25) is 19.6 Å². The molecule has 0 fully saturated rings. The lowest BCUT2D eigenvalue weighted by Crippen LogP contribution is -2.32. The number of hydrogen-bond acceptors (Lipinski definition) is 2. The van der Waals surface area contributed by atoms with E-state index in [1.54, 1.807) is 0 Å². The van der Waals surface area contributed by atoms with Crippen LogP contribution < -0.4 is 0 Å². The third-order valence-corrected chi connectivity index (χ3v) is 2.91. The van der Waals surface area contributed by atoms with Crippen LogP contribution in [0.4, 0.5) is 0 Å². The SMILES string of the molecule is C[Si](C)(C)OC(C#N)C1=CC=CCC1. The molecule has 0 aromatic heterocycles. The minimum atomic E-state index is -1.61. The summed E-state index contributed by atoms with van der Waals surface area (Å²) in [6, 6.07) is 2.24. The molecule has 1 aliphatic rings. The zero-order valence-electron chi connectivity index (χ0n) is 9.08. The Morgan fingerprint density at radius 3 is 2.64 bits per heavy atom. The molecule has 0 aromatic carbocycles. The Morgan fingerprint density at radius 2 is 2.21 bits per heavy atom. The van der Waals surface area contributed by atoms with E-state index in [1.165, 1.54) is 0 Å². The Bertz CT molecular complexity index is 293. The largest absolute Gasteiger partial charge is 0.399 e. The highest BCUT2D eigenvalue weighted by Gasteiger charge is 2.23. The van der Waals surface area contributed by atoms with Crippen molar-refractivity contribution in [3.63, 3.8) is 0 Å². The number of nitriles is 1. The Balaban J connectivity index is 2.68. The van der Waals surface area contributed by atoms with Crippen molar-refractivity contribution in [1.29, 1.82) is 5.26 Å². The zero-order valence-corrected chi connectivity index (χ0v) is 10.1. The predicted molar refractivity (Wildman–Crippen MR) is 60.3 cm³/mol. The maximum atomic E-state index is 9.02. The molecule has 0 radical (unpaired) electrons. The van der Waals surface area contributed by atoms with Crippen molar-refractivity contribution in [3.05, 3.63) is 23.8 Å². The molecule has 0 heterocycles. The molecule has 0 aromatic rings. The highest BCUT2D eigenvalue weighted by molar-refractivity contribution is 6.69. The highest BCUT2D eigenvalue weighted by Crippen LogP contribution is 2.20. The average Bonchev–Trinajstić information content (AvgIpc) is 2.14. The van der Waals surface area contributed by atoms with Gasteiger partial charge in [0.15, 0.2) is 14.4 Å². The number of hydrogen-bond donors (Lipinski definition) is 0. The van der Waals surface area contributed by atoms with Gasteiger partial charge in [-0.15, -0.1) is 0 Å². The van der Waals surface area contributed by atoms with Crippen LogP contribution in [0, 0.1) is 11.3 Å². The molecule has 76 valence electrons. The fraction of sp³-hybridized carbons (Fsp3) is 0.545. The summed E-state index contributed by atoms with van der Waals surface area (Å²) in [6.07, 6.45) is 7.80. The second-order valence-electron chi connectivity index (χ2n) is 4.45. The summed E-state index contributed by atoms with van der Waals surface area (Å²) in [5.74, 6) is 0. The third-order valence-electron chi connectivity index (χ3n) is 1.97. The Labute approximate surface area is 87.0 Å². The molecule has 0 N–H and O–H groups in total. The van der Waals surface area contributed by atoms with E-state index < -0.39 is 8.32 Å². The van der Waals surface area contributed by atoms with Crippen LogP contribution >= 0.6 is 0 Å². The van der Waals surface area contributed by atoms with Crippen LogP contribution in [0.15, 0.2) is 23.8 Å². The third kappa shape index (κ3) is 3.49. The minimum Gasteiger partial charge on any atom is -0.399 e. The van der Waals surface area contributed by atoms with Crippen LogP contribution in [0.1, 0.15) is 12.8 Å². The van der Waals surface area contributed by atoms with Gasteiger partial charge in [0.05, 0.1) is 6.07 Å². The van der Waals surface area contributed by atoms with Crippen LogP contribution in [-0.4, -0.2) is 14.4 Å². The fourth-order valence-corrected chi connectivity index (χ4v) is 2.29. The maximum Gasteiger partial charge on any atom is 0.185 e. The molecule has 1 aliphatic carbocycles. The number of nitrogens with zero attached hydrogens (tertiary/aromatic N) is 1. The van der Waals surface area contributed by atoms with Crippen molar-refractivity contribution in [1.82, 2.24) is 0 Å². The van der Waals surface area contributed by atoms with Crippen molar-refractivity contribution in [2.24, 2.45) is 0 Å². The van der Waals surface area contributed by atoms with Crippen LogP contribution in [0.5, 0.6) is 0 Å². The smallest absolute Gasteiger partial charge is 0.185 e. The molecule has 3 heteroatoms. The molecule has 0 aliphatic heterocycles. The molecule has 0 amide bonds. The molecule has 2 nitrogen and oxygen atoms in total. The van der Waals surface area contributed by atoms with Gasteiger partial charge in [0.1, 0.15) is 0 Å². The first-order chi connectivity index (χ1) is 6.53. The van der Waals surface area contributed by atoms with E-state index in [4.69, 9.17) is 9.69 Å². The normalized spacial score (nSPS) is 18.6. The fourth-order valence-electron chi connectivity index (χ4n) is 1.38. The summed E-state index contributed by atoms with van der Waals surface area (Å²) < 4.78 is 5.80. The molecule has 1 atom stereocenters. The molecule has 14 heavy (non-hydrogen) atoms. The summed E-state index contributed by atoms with van der Waals surface area (Å²) in [7, 11) is -1.61. The average molecular weight is 207 g/mol. The monoisotopic (exact) mass is 207 g/mol. The van der Waals surface area contributed by atoms with Gasteiger partial charge in [-0.1, -0.05) is 18.2 Å². The molecule has 0 saturated heterocycles. The van der Waals surface area contributed by atoms with E-state index in [1.807, 2.05) is 12.2 Å². The van der Waals surface area contributed by atoms with E-state index in [-0.39, 0.29) is 6.10 Å². The first-order valence-corrected chi connectivity index (χ1v) is 8.37. The summed E-state index contributed by atoms with van der Waals surface area (Å²) in [5.41, 5.74) is 1.12. The van der Waals surface area contributed by atoms with Gasteiger partial charge in [-0.25, -0.2) is 0 Å². The molecule has 1 rings (SSSR count). The van der Waals surface area contributed by atoms with Gasteiger partial charge in [-0.3, -0.25) is 0 Å².